The van der Waals surface area contributed by atoms with E-state index in [1.54, 1.807) is 25.0 Å². The maximum absolute atomic E-state index is 12.6. The van der Waals surface area contributed by atoms with Crippen molar-refractivity contribution in [2.24, 2.45) is 0 Å². The Kier molecular flexibility index (Phi) is 8.22. The fourth-order valence-corrected chi connectivity index (χ4v) is 2.13. The number of esters is 1. The van der Waals surface area contributed by atoms with Crippen LogP contribution < -0.4 is 0 Å². The molecule has 0 radical (unpaired) electrons. The monoisotopic (exact) mass is 307 g/mol. The highest BCUT2D eigenvalue weighted by atomic mass is 16.5. The smallest absolute Gasteiger partial charge is 0.307 e. The number of hydrogen-bond acceptors (Lipinski definition) is 4. The van der Waals surface area contributed by atoms with Gasteiger partial charge in [-0.25, -0.2) is 0 Å². The number of carbonyl (C=O) groups is 2. The van der Waals surface area contributed by atoms with Gasteiger partial charge in [-0.3, -0.25) is 9.59 Å². The average Bonchev–Trinajstić information content (AvgIpc) is 2.50. The molecule has 1 aromatic carbocycles. The van der Waals surface area contributed by atoms with Crippen molar-refractivity contribution in [3.8, 4) is 0 Å². The van der Waals surface area contributed by atoms with Crippen LogP contribution in [0.4, 0.5) is 0 Å². The lowest BCUT2D eigenvalue weighted by molar-refractivity contribution is -0.143. The molecule has 5 heteroatoms. The first-order valence-electron chi connectivity index (χ1n) is 7.59. The van der Waals surface area contributed by atoms with E-state index in [9.17, 15) is 9.59 Å². The number of nitrogens with zero attached hydrogens (tertiary/aromatic N) is 1. The van der Waals surface area contributed by atoms with Crippen molar-refractivity contribution in [3.05, 3.63) is 35.4 Å². The van der Waals surface area contributed by atoms with Gasteiger partial charge in [-0.2, -0.15) is 0 Å². The molecule has 0 aromatic heterocycles. The molecule has 0 saturated carbocycles. The molecule has 0 heterocycles. The van der Waals surface area contributed by atoms with Crippen LogP contribution in [0, 0.1) is 6.92 Å². The molecule has 0 atom stereocenters. The van der Waals surface area contributed by atoms with Crippen LogP contribution in [0.25, 0.3) is 0 Å². The molecule has 0 aliphatic carbocycles. The van der Waals surface area contributed by atoms with Crippen molar-refractivity contribution < 1.29 is 19.1 Å². The van der Waals surface area contributed by atoms with Crippen molar-refractivity contribution in [2.75, 3.05) is 33.4 Å². The zero-order valence-corrected chi connectivity index (χ0v) is 13.6. The molecule has 1 aromatic rings. The van der Waals surface area contributed by atoms with Gasteiger partial charge in [0.1, 0.15) is 0 Å². The van der Waals surface area contributed by atoms with Crippen LogP contribution in [-0.2, 0) is 14.3 Å². The second kappa shape index (κ2) is 9.95. The van der Waals surface area contributed by atoms with Gasteiger partial charge in [-0.1, -0.05) is 17.7 Å². The third-order valence-electron chi connectivity index (χ3n) is 3.22. The topological polar surface area (TPSA) is 55.8 Å². The molecule has 22 heavy (non-hydrogen) atoms. The molecular formula is C17H25NO4. The molecule has 0 saturated heterocycles. The van der Waals surface area contributed by atoms with E-state index in [1.807, 2.05) is 25.1 Å². The minimum atomic E-state index is -0.281. The number of benzene rings is 1. The first-order chi connectivity index (χ1) is 10.6. The number of rotatable bonds is 9. The number of ether oxygens (including phenoxy) is 2. The largest absolute Gasteiger partial charge is 0.466 e. The Morgan fingerprint density at radius 3 is 2.64 bits per heavy atom. The average molecular weight is 307 g/mol. The molecule has 0 unspecified atom stereocenters. The van der Waals surface area contributed by atoms with Gasteiger partial charge in [0.2, 0.25) is 0 Å². The number of aryl methyl sites for hydroxylation is 1. The molecule has 1 rings (SSSR count). The molecule has 1 amide bonds. The van der Waals surface area contributed by atoms with E-state index < -0.39 is 0 Å². The van der Waals surface area contributed by atoms with Gasteiger partial charge in [0.05, 0.1) is 13.0 Å². The van der Waals surface area contributed by atoms with E-state index in [1.165, 1.54) is 0 Å². The fourth-order valence-electron chi connectivity index (χ4n) is 2.13. The van der Waals surface area contributed by atoms with Crippen LogP contribution in [0.1, 0.15) is 35.7 Å². The molecule has 0 aliphatic heterocycles. The van der Waals surface area contributed by atoms with Gasteiger partial charge in [0.15, 0.2) is 0 Å². The zero-order valence-electron chi connectivity index (χ0n) is 13.6. The van der Waals surface area contributed by atoms with Gasteiger partial charge < -0.3 is 14.4 Å². The van der Waals surface area contributed by atoms with Crippen LogP contribution >= 0.6 is 0 Å². The summed E-state index contributed by atoms with van der Waals surface area (Å²) in [6.07, 6.45) is 0.940. The Labute approximate surface area is 132 Å². The Balaban J connectivity index is 2.70. The summed E-state index contributed by atoms with van der Waals surface area (Å²) in [6.45, 7) is 5.57. The zero-order chi connectivity index (χ0) is 16.4. The van der Waals surface area contributed by atoms with Crippen molar-refractivity contribution in [1.82, 2.24) is 4.90 Å². The van der Waals surface area contributed by atoms with Crippen LogP contribution in [0.5, 0.6) is 0 Å². The Morgan fingerprint density at radius 1 is 1.23 bits per heavy atom. The summed E-state index contributed by atoms with van der Waals surface area (Å²) < 4.78 is 9.95. The van der Waals surface area contributed by atoms with E-state index in [2.05, 4.69) is 0 Å². The van der Waals surface area contributed by atoms with Crippen molar-refractivity contribution in [1.29, 1.82) is 0 Å². The summed E-state index contributed by atoms with van der Waals surface area (Å²) in [5, 5.41) is 0. The quantitative estimate of drug-likeness (QED) is 0.519. The highest BCUT2D eigenvalue weighted by molar-refractivity contribution is 5.94. The van der Waals surface area contributed by atoms with E-state index in [0.717, 1.165) is 12.0 Å². The van der Waals surface area contributed by atoms with Crippen LogP contribution in [0.15, 0.2) is 24.3 Å². The van der Waals surface area contributed by atoms with E-state index >= 15 is 0 Å². The van der Waals surface area contributed by atoms with Gasteiger partial charge in [-0.05, 0) is 32.4 Å². The summed E-state index contributed by atoms with van der Waals surface area (Å²) in [5.74, 6) is -0.347. The Morgan fingerprint density at radius 2 is 2.00 bits per heavy atom. The Hall–Kier alpha value is -1.88. The molecular weight excluding hydrogens is 282 g/mol. The normalized spacial score (nSPS) is 10.3. The van der Waals surface area contributed by atoms with Crippen molar-refractivity contribution >= 4 is 11.9 Å². The minimum Gasteiger partial charge on any atom is -0.466 e. The van der Waals surface area contributed by atoms with Gasteiger partial charge >= 0.3 is 5.97 Å². The molecule has 0 fully saturated rings. The van der Waals surface area contributed by atoms with Crippen molar-refractivity contribution in [2.45, 2.75) is 26.7 Å². The summed E-state index contributed by atoms with van der Waals surface area (Å²) in [6, 6.07) is 7.46. The molecule has 0 bridgehead atoms. The highest BCUT2D eigenvalue weighted by Gasteiger charge is 2.17. The van der Waals surface area contributed by atoms with Crippen LogP contribution in [0.3, 0.4) is 0 Å². The Bertz CT molecular complexity index is 487. The highest BCUT2D eigenvalue weighted by Crippen LogP contribution is 2.09. The minimum absolute atomic E-state index is 0.0656. The SMILES string of the molecule is CCOC(=O)CCN(CCCOC)C(=O)c1cccc(C)c1. The van der Waals surface area contributed by atoms with Gasteiger partial charge in [-0.15, -0.1) is 0 Å². The molecule has 0 N–H and O–H groups in total. The molecule has 0 spiro atoms. The third kappa shape index (κ3) is 6.26. The van der Waals surface area contributed by atoms with Gasteiger partial charge in [0.25, 0.3) is 5.91 Å². The standard InChI is InChI=1S/C17H25NO4/c1-4-22-16(19)9-11-18(10-6-12-21-3)17(20)15-8-5-7-14(2)13-15/h5,7-8,13H,4,6,9-12H2,1-3H3. The van der Waals surface area contributed by atoms with Crippen LogP contribution in [0.2, 0.25) is 0 Å². The van der Waals surface area contributed by atoms with E-state index in [-0.39, 0.29) is 18.3 Å². The lowest BCUT2D eigenvalue weighted by Gasteiger charge is -2.22. The van der Waals surface area contributed by atoms with Crippen LogP contribution in [-0.4, -0.2) is 50.2 Å². The maximum Gasteiger partial charge on any atom is 0.307 e. The van der Waals surface area contributed by atoms with E-state index in [0.29, 0.717) is 31.9 Å². The summed E-state index contributed by atoms with van der Waals surface area (Å²) in [7, 11) is 1.63. The molecule has 0 aliphatic rings. The predicted octanol–water partition coefficient (Wildman–Crippen LogP) is 2.43. The fraction of sp³-hybridized carbons (Fsp3) is 0.529. The maximum atomic E-state index is 12.6. The summed E-state index contributed by atoms with van der Waals surface area (Å²) in [4.78, 5) is 25.8. The second-order valence-corrected chi connectivity index (χ2v) is 5.06. The third-order valence-corrected chi connectivity index (χ3v) is 3.22. The molecule has 5 nitrogen and oxygen atoms in total. The number of methoxy groups -OCH3 is 1. The first-order valence-corrected chi connectivity index (χ1v) is 7.59. The summed E-state index contributed by atoms with van der Waals surface area (Å²) in [5.41, 5.74) is 1.68. The van der Waals surface area contributed by atoms with E-state index in [4.69, 9.17) is 9.47 Å². The first kappa shape index (κ1) is 18.2. The van der Waals surface area contributed by atoms with Gasteiger partial charge in [0, 0.05) is 32.4 Å². The second-order valence-electron chi connectivity index (χ2n) is 5.06. The number of amides is 1. The molecule has 122 valence electrons. The lowest BCUT2D eigenvalue weighted by Crippen LogP contribution is -2.34. The lowest BCUT2D eigenvalue weighted by atomic mass is 10.1. The number of hydrogen-bond donors (Lipinski definition) is 0. The number of carbonyl (C=O) groups excluding carboxylic acids is 2. The van der Waals surface area contributed by atoms with Crippen molar-refractivity contribution in [3.63, 3.8) is 0 Å². The summed E-state index contributed by atoms with van der Waals surface area (Å²) >= 11 is 0. The predicted molar refractivity (Wildman–Crippen MR) is 84.8 cm³/mol.